The molecule has 0 aliphatic carbocycles. The van der Waals surface area contributed by atoms with Gasteiger partial charge >= 0.3 is 0 Å². The van der Waals surface area contributed by atoms with Crippen molar-refractivity contribution in [1.82, 2.24) is 9.66 Å². The average molecular weight is 428 g/mol. The van der Waals surface area contributed by atoms with E-state index in [0.29, 0.717) is 42.1 Å². The van der Waals surface area contributed by atoms with Crippen molar-refractivity contribution < 1.29 is 9.47 Å². The smallest absolute Gasteiger partial charge is 0.282 e. The monoisotopic (exact) mass is 427 g/mol. The molecule has 1 aliphatic heterocycles. The second kappa shape index (κ2) is 7.52. The summed E-state index contributed by atoms with van der Waals surface area (Å²) in [6, 6.07) is 11.1. The van der Waals surface area contributed by atoms with Crippen molar-refractivity contribution in [1.29, 1.82) is 0 Å². The van der Waals surface area contributed by atoms with Gasteiger partial charge in [0.2, 0.25) is 0 Å². The molecule has 0 amide bonds. The topological polar surface area (TPSA) is 65.7 Å². The van der Waals surface area contributed by atoms with Crippen LogP contribution in [0.5, 0.6) is 11.5 Å². The van der Waals surface area contributed by atoms with Crippen LogP contribution in [0.4, 0.5) is 0 Å². The molecule has 2 aromatic carbocycles. The minimum atomic E-state index is -0.182. The molecule has 1 aromatic heterocycles. The molecule has 0 saturated heterocycles. The lowest BCUT2D eigenvalue weighted by Crippen LogP contribution is -2.22. The summed E-state index contributed by atoms with van der Waals surface area (Å²) in [5.41, 5.74) is 1.32. The standard InChI is InChI=1S/C20H18BrN3O3/c1-2-3-19-23-16-6-5-14(21)11-15(16)20(25)24(19)22-12-13-4-7-17-18(10-13)27-9-8-26-17/h4-7,10-12H,2-3,8-9H2,1H3. The van der Waals surface area contributed by atoms with Crippen LogP contribution < -0.4 is 15.0 Å². The molecule has 6 nitrogen and oxygen atoms in total. The molecule has 138 valence electrons. The highest BCUT2D eigenvalue weighted by Gasteiger charge is 2.12. The van der Waals surface area contributed by atoms with E-state index in [2.05, 4.69) is 26.0 Å². The number of hydrogen-bond acceptors (Lipinski definition) is 5. The van der Waals surface area contributed by atoms with Gasteiger partial charge in [-0.05, 0) is 48.4 Å². The maximum absolute atomic E-state index is 13.0. The second-order valence-electron chi connectivity index (χ2n) is 6.20. The van der Waals surface area contributed by atoms with Crippen molar-refractivity contribution in [3.05, 3.63) is 62.6 Å². The van der Waals surface area contributed by atoms with Crippen LogP contribution in [-0.4, -0.2) is 29.1 Å². The van der Waals surface area contributed by atoms with Crippen molar-refractivity contribution in [3.63, 3.8) is 0 Å². The molecule has 3 aromatic rings. The summed E-state index contributed by atoms with van der Waals surface area (Å²) in [7, 11) is 0. The van der Waals surface area contributed by atoms with Gasteiger partial charge in [-0.25, -0.2) is 4.98 Å². The predicted octanol–water partition coefficient (Wildman–Crippen LogP) is 3.76. The summed E-state index contributed by atoms with van der Waals surface area (Å²) < 4.78 is 13.3. The van der Waals surface area contributed by atoms with Crippen LogP contribution in [0, 0.1) is 0 Å². The van der Waals surface area contributed by atoms with Crippen molar-refractivity contribution >= 4 is 33.0 Å². The molecule has 0 spiro atoms. The number of hydrogen-bond donors (Lipinski definition) is 0. The van der Waals surface area contributed by atoms with Crippen molar-refractivity contribution in [2.45, 2.75) is 19.8 Å². The molecule has 2 heterocycles. The zero-order valence-corrected chi connectivity index (χ0v) is 16.4. The Labute approximate surface area is 164 Å². The van der Waals surface area contributed by atoms with Crippen LogP contribution in [0.2, 0.25) is 0 Å². The first-order valence-corrected chi connectivity index (χ1v) is 9.60. The Bertz CT molecular complexity index is 1090. The molecule has 27 heavy (non-hydrogen) atoms. The van der Waals surface area contributed by atoms with E-state index >= 15 is 0 Å². The lowest BCUT2D eigenvalue weighted by atomic mass is 10.2. The van der Waals surface area contributed by atoms with E-state index in [1.807, 2.05) is 37.3 Å². The van der Waals surface area contributed by atoms with Gasteiger partial charge in [0.15, 0.2) is 11.5 Å². The highest BCUT2D eigenvalue weighted by molar-refractivity contribution is 9.10. The molecule has 0 bridgehead atoms. The van der Waals surface area contributed by atoms with Gasteiger partial charge in [0.25, 0.3) is 5.56 Å². The minimum Gasteiger partial charge on any atom is -0.486 e. The molecule has 0 saturated carbocycles. The van der Waals surface area contributed by atoms with E-state index in [4.69, 9.17) is 9.47 Å². The average Bonchev–Trinajstić information content (AvgIpc) is 2.68. The molecule has 0 atom stereocenters. The second-order valence-corrected chi connectivity index (χ2v) is 7.12. The fourth-order valence-electron chi connectivity index (χ4n) is 2.96. The summed E-state index contributed by atoms with van der Waals surface area (Å²) in [6.07, 6.45) is 3.18. The van der Waals surface area contributed by atoms with E-state index in [0.717, 1.165) is 22.2 Å². The predicted molar refractivity (Wildman–Crippen MR) is 108 cm³/mol. The van der Waals surface area contributed by atoms with Gasteiger partial charge in [-0.15, -0.1) is 0 Å². The highest BCUT2D eigenvalue weighted by Crippen LogP contribution is 2.30. The number of nitrogens with zero attached hydrogens (tertiary/aromatic N) is 3. The fourth-order valence-corrected chi connectivity index (χ4v) is 3.32. The fraction of sp³-hybridized carbons (Fsp3) is 0.250. The quantitative estimate of drug-likeness (QED) is 0.594. The van der Waals surface area contributed by atoms with Crippen LogP contribution >= 0.6 is 15.9 Å². The van der Waals surface area contributed by atoms with E-state index < -0.39 is 0 Å². The zero-order valence-electron chi connectivity index (χ0n) is 14.8. The molecule has 0 N–H and O–H groups in total. The first-order valence-electron chi connectivity index (χ1n) is 8.81. The largest absolute Gasteiger partial charge is 0.486 e. The number of aryl methyl sites for hydroxylation is 1. The number of halogens is 1. The summed E-state index contributed by atoms with van der Waals surface area (Å²) in [4.78, 5) is 17.6. The van der Waals surface area contributed by atoms with Gasteiger partial charge in [0.1, 0.15) is 19.0 Å². The summed E-state index contributed by atoms with van der Waals surface area (Å²) in [5, 5.41) is 4.96. The van der Waals surface area contributed by atoms with Crippen LogP contribution in [0.3, 0.4) is 0 Å². The molecular formula is C20H18BrN3O3. The minimum absolute atomic E-state index is 0.182. The molecule has 1 aliphatic rings. The third-order valence-corrected chi connectivity index (χ3v) is 4.73. The summed E-state index contributed by atoms with van der Waals surface area (Å²) >= 11 is 3.41. The molecule has 7 heteroatoms. The molecule has 0 radical (unpaired) electrons. The molecule has 4 rings (SSSR count). The highest BCUT2D eigenvalue weighted by atomic mass is 79.9. The SMILES string of the molecule is CCCc1nc2ccc(Br)cc2c(=O)n1N=Cc1ccc2c(c1)OCCO2. The number of ether oxygens (including phenoxy) is 2. The van der Waals surface area contributed by atoms with Crippen LogP contribution in [0.15, 0.2) is 50.8 Å². The van der Waals surface area contributed by atoms with Crippen molar-refractivity contribution in [3.8, 4) is 11.5 Å². The number of rotatable bonds is 4. The van der Waals surface area contributed by atoms with Crippen LogP contribution in [0.1, 0.15) is 24.7 Å². The van der Waals surface area contributed by atoms with E-state index in [1.165, 1.54) is 4.68 Å². The first kappa shape index (κ1) is 17.7. The Morgan fingerprint density at radius 1 is 1.19 bits per heavy atom. The first-order chi connectivity index (χ1) is 13.2. The van der Waals surface area contributed by atoms with Crippen LogP contribution in [0.25, 0.3) is 10.9 Å². The Balaban J connectivity index is 1.78. The van der Waals surface area contributed by atoms with E-state index in [-0.39, 0.29) is 5.56 Å². The van der Waals surface area contributed by atoms with Gasteiger partial charge < -0.3 is 9.47 Å². The number of benzene rings is 2. The Morgan fingerprint density at radius 2 is 2.00 bits per heavy atom. The van der Waals surface area contributed by atoms with Gasteiger partial charge in [0.05, 0.1) is 17.1 Å². The zero-order chi connectivity index (χ0) is 18.8. The van der Waals surface area contributed by atoms with Gasteiger partial charge in [0, 0.05) is 10.9 Å². The lowest BCUT2D eigenvalue weighted by molar-refractivity contribution is 0.171. The number of aromatic nitrogens is 2. The maximum atomic E-state index is 13.0. The van der Waals surface area contributed by atoms with Gasteiger partial charge in [-0.3, -0.25) is 4.79 Å². The Morgan fingerprint density at radius 3 is 2.81 bits per heavy atom. The molecule has 0 unspecified atom stereocenters. The number of fused-ring (bicyclic) bond motifs is 2. The summed E-state index contributed by atoms with van der Waals surface area (Å²) in [5.74, 6) is 2.05. The third-order valence-electron chi connectivity index (χ3n) is 4.24. The molecular weight excluding hydrogens is 410 g/mol. The van der Waals surface area contributed by atoms with E-state index in [1.54, 1.807) is 12.3 Å². The summed E-state index contributed by atoms with van der Waals surface area (Å²) in [6.45, 7) is 3.12. The van der Waals surface area contributed by atoms with Crippen molar-refractivity contribution in [2.24, 2.45) is 5.10 Å². The normalized spacial score (nSPS) is 13.4. The molecule has 0 fully saturated rings. The maximum Gasteiger partial charge on any atom is 0.282 e. The van der Waals surface area contributed by atoms with Crippen LogP contribution in [-0.2, 0) is 6.42 Å². The van der Waals surface area contributed by atoms with Crippen molar-refractivity contribution in [2.75, 3.05) is 13.2 Å². The Hall–Kier alpha value is -2.67. The Kier molecular flexibility index (Phi) is 4.94. The van der Waals surface area contributed by atoms with E-state index in [9.17, 15) is 4.79 Å². The van der Waals surface area contributed by atoms with Gasteiger partial charge in [-0.2, -0.15) is 9.78 Å². The van der Waals surface area contributed by atoms with Gasteiger partial charge in [-0.1, -0.05) is 22.9 Å². The lowest BCUT2D eigenvalue weighted by Gasteiger charge is -2.18. The third kappa shape index (κ3) is 3.60.